The molecule has 102 valence electrons. The maximum Gasteiger partial charge on any atom is 0.170 e. The van der Waals surface area contributed by atoms with Gasteiger partial charge in [0.2, 0.25) is 0 Å². The summed E-state index contributed by atoms with van der Waals surface area (Å²) in [5, 5.41) is 15.8. The molecule has 0 fully saturated rings. The highest BCUT2D eigenvalue weighted by atomic mass is 79.9. The number of aromatic nitrogens is 4. The van der Waals surface area contributed by atoms with Crippen LogP contribution in [0.2, 0.25) is 5.02 Å². The summed E-state index contributed by atoms with van der Waals surface area (Å²) < 4.78 is 2.61. The minimum Gasteiger partial charge on any atom is -0.310 e. The van der Waals surface area contributed by atoms with Crippen molar-refractivity contribution in [1.29, 1.82) is 0 Å². The summed E-state index contributed by atoms with van der Waals surface area (Å²) >= 11 is 9.69. The molecule has 7 heteroatoms. The molecule has 0 saturated heterocycles. The monoisotopic (exact) mass is 343 g/mol. The number of hydrogen-bond donors (Lipinski definition) is 1. The lowest BCUT2D eigenvalue weighted by molar-refractivity contribution is 0.632. The Bertz CT molecular complexity index is 569. The molecule has 0 radical (unpaired) electrons. The van der Waals surface area contributed by atoms with Crippen LogP contribution in [0.4, 0.5) is 0 Å². The highest BCUT2D eigenvalue weighted by Crippen LogP contribution is 2.27. The molecule has 0 spiro atoms. The first-order chi connectivity index (χ1) is 9.13. The molecule has 1 aromatic carbocycles. The van der Waals surface area contributed by atoms with Crippen molar-refractivity contribution in [2.75, 3.05) is 6.54 Å². The summed E-state index contributed by atoms with van der Waals surface area (Å²) in [6.07, 6.45) is 1.07. The van der Waals surface area contributed by atoms with Crippen molar-refractivity contribution in [3.8, 4) is 5.69 Å². The number of nitrogens with zero attached hydrogens (tertiary/aromatic N) is 4. The molecule has 0 unspecified atom stereocenters. The predicted molar refractivity (Wildman–Crippen MR) is 78.6 cm³/mol. The number of hydrogen-bond acceptors (Lipinski definition) is 4. The Labute approximate surface area is 125 Å². The zero-order valence-corrected chi connectivity index (χ0v) is 13.2. The lowest BCUT2D eigenvalue weighted by atomic mass is 10.2. The summed E-state index contributed by atoms with van der Waals surface area (Å²) in [5.74, 6) is 0.758. The van der Waals surface area contributed by atoms with E-state index >= 15 is 0 Å². The maximum absolute atomic E-state index is 6.16. The lowest BCUT2D eigenvalue weighted by Crippen LogP contribution is -2.17. The third-order valence-corrected chi connectivity index (χ3v) is 3.74. The van der Waals surface area contributed by atoms with Crippen LogP contribution in [0.25, 0.3) is 5.69 Å². The molecule has 0 aliphatic rings. The van der Waals surface area contributed by atoms with Gasteiger partial charge in [0.05, 0.1) is 12.2 Å². The standard InChI is InChI=1S/C12H15BrClN5/c1-3-4-15-7-12-16-17-18-19(12)11-6-10(14)8(2)5-9(11)13/h5-6,15H,3-4,7H2,1-2H3. The summed E-state index contributed by atoms with van der Waals surface area (Å²) in [6, 6.07) is 3.82. The van der Waals surface area contributed by atoms with E-state index in [9.17, 15) is 0 Å². The molecule has 1 heterocycles. The zero-order valence-electron chi connectivity index (χ0n) is 10.8. The van der Waals surface area contributed by atoms with Crippen molar-refractivity contribution in [2.24, 2.45) is 0 Å². The summed E-state index contributed by atoms with van der Waals surface area (Å²) in [5.41, 5.74) is 1.85. The van der Waals surface area contributed by atoms with E-state index in [1.807, 2.05) is 19.1 Å². The first kappa shape index (κ1) is 14.4. The minimum atomic E-state index is 0.624. The summed E-state index contributed by atoms with van der Waals surface area (Å²) in [7, 11) is 0. The molecule has 0 amide bonds. The molecule has 0 aliphatic carbocycles. The smallest absolute Gasteiger partial charge is 0.170 e. The van der Waals surface area contributed by atoms with Crippen LogP contribution in [-0.2, 0) is 6.54 Å². The Balaban J connectivity index is 2.32. The Morgan fingerprint density at radius 3 is 2.95 bits per heavy atom. The van der Waals surface area contributed by atoms with Gasteiger partial charge in [0, 0.05) is 9.50 Å². The third-order valence-electron chi connectivity index (χ3n) is 2.70. The molecule has 0 aliphatic heterocycles. The molecule has 1 N–H and O–H groups in total. The van der Waals surface area contributed by atoms with Crippen molar-refractivity contribution in [3.05, 3.63) is 33.0 Å². The van der Waals surface area contributed by atoms with E-state index in [4.69, 9.17) is 11.6 Å². The Kier molecular flexibility index (Phi) is 4.90. The van der Waals surface area contributed by atoms with Crippen LogP contribution in [0.3, 0.4) is 0 Å². The quantitative estimate of drug-likeness (QED) is 0.847. The number of rotatable bonds is 5. The number of benzene rings is 1. The van der Waals surface area contributed by atoms with Crippen molar-refractivity contribution >= 4 is 27.5 Å². The molecule has 0 atom stereocenters. The first-order valence-corrected chi connectivity index (χ1v) is 7.24. The second-order valence-electron chi connectivity index (χ2n) is 4.24. The van der Waals surface area contributed by atoms with Crippen LogP contribution in [0.5, 0.6) is 0 Å². The van der Waals surface area contributed by atoms with Crippen LogP contribution >= 0.6 is 27.5 Å². The Morgan fingerprint density at radius 2 is 2.21 bits per heavy atom. The molecule has 19 heavy (non-hydrogen) atoms. The van der Waals surface area contributed by atoms with Crippen LogP contribution in [0, 0.1) is 6.92 Å². The van der Waals surface area contributed by atoms with Gasteiger partial charge in [0.15, 0.2) is 5.82 Å². The van der Waals surface area contributed by atoms with Crippen molar-refractivity contribution in [2.45, 2.75) is 26.8 Å². The molecular weight excluding hydrogens is 330 g/mol. The van der Waals surface area contributed by atoms with Gasteiger partial charge in [-0.3, -0.25) is 0 Å². The van der Waals surface area contributed by atoms with Gasteiger partial charge in [-0.05, 0) is 63.9 Å². The lowest BCUT2D eigenvalue weighted by Gasteiger charge is -2.09. The molecule has 2 rings (SSSR count). The van der Waals surface area contributed by atoms with Gasteiger partial charge >= 0.3 is 0 Å². The SMILES string of the molecule is CCCNCc1nnnn1-c1cc(Cl)c(C)cc1Br. The highest BCUT2D eigenvalue weighted by molar-refractivity contribution is 9.10. The van der Waals surface area contributed by atoms with E-state index in [0.717, 1.165) is 34.5 Å². The maximum atomic E-state index is 6.16. The van der Waals surface area contributed by atoms with Crippen LogP contribution < -0.4 is 5.32 Å². The molecule has 0 saturated carbocycles. The molecule has 0 bridgehead atoms. The van der Waals surface area contributed by atoms with Gasteiger partial charge in [0.1, 0.15) is 0 Å². The van der Waals surface area contributed by atoms with Crippen LogP contribution in [0.1, 0.15) is 24.7 Å². The van der Waals surface area contributed by atoms with Crippen molar-refractivity contribution in [1.82, 2.24) is 25.5 Å². The van der Waals surface area contributed by atoms with Crippen molar-refractivity contribution < 1.29 is 0 Å². The molecule has 5 nitrogen and oxygen atoms in total. The normalized spacial score (nSPS) is 10.9. The van der Waals surface area contributed by atoms with Gasteiger partial charge in [-0.1, -0.05) is 18.5 Å². The van der Waals surface area contributed by atoms with Crippen LogP contribution in [-0.4, -0.2) is 26.8 Å². The topological polar surface area (TPSA) is 55.6 Å². The average Bonchev–Trinajstić information content (AvgIpc) is 2.82. The highest BCUT2D eigenvalue weighted by Gasteiger charge is 2.12. The Hall–Kier alpha value is -0.980. The van der Waals surface area contributed by atoms with Gasteiger partial charge in [-0.2, -0.15) is 4.68 Å². The van der Waals surface area contributed by atoms with E-state index in [1.54, 1.807) is 4.68 Å². The number of tetrazole rings is 1. The van der Waals surface area contributed by atoms with E-state index in [0.29, 0.717) is 11.6 Å². The van der Waals surface area contributed by atoms with Gasteiger partial charge in [-0.15, -0.1) is 5.10 Å². The second kappa shape index (κ2) is 6.45. The van der Waals surface area contributed by atoms with Gasteiger partial charge in [-0.25, -0.2) is 0 Å². The minimum absolute atomic E-state index is 0.624. The van der Waals surface area contributed by atoms with Crippen molar-refractivity contribution in [3.63, 3.8) is 0 Å². The molecule has 1 aromatic heterocycles. The van der Waals surface area contributed by atoms with E-state index in [2.05, 4.69) is 43.7 Å². The zero-order chi connectivity index (χ0) is 13.8. The second-order valence-corrected chi connectivity index (χ2v) is 5.50. The number of halogens is 2. The van der Waals surface area contributed by atoms with Gasteiger partial charge in [0.25, 0.3) is 0 Å². The first-order valence-electron chi connectivity index (χ1n) is 6.07. The fraction of sp³-hybridized carbons (Fsp3) is 0.417. The largest absolute Gasteiger partial charge is 0.310 e. The molecular formula is C12H15BrClN5. The van der Waals surface area contributed by atoms with Crippen LogP contribution in [0.15, 0.2) is 16.6 Å². The summed E-state index contributed by atoms with van der Waals surface area (Å²) in [6.45, 7) is 5.63. The third kappa shape index (κ3) is 3.32. The Morgan fingerprint density at radius 1 is 1.42 bits per heavy atom. The number of nitrogens with one attached hydrogen (secondary N) is 1. The van der Waals surface area contributed by atoms with E-state index < -0.39 is 0 Å². The average molecular weight is 345 g/mol. The fourth-order valence-electron chi connectivity index (χ4n) is 1.68. The summed E-state index contributed by atoms with van der Waals surface area (Å²) in [4.78, 5) is 0. The van der Waals surface area contributed by atoms with E-state index in [1.165, 1.54) is 0 Å². The van der Waals surface area contributed by atoms with Gasteiger partial charge < -0.3 is 5.32 Å². The van der Waals surface area contributed by atoms with E-state index in [-0.39, 0.29) is 0 Å². The predicted octanol–water partition coefficient (Wildman–Crippen LogP) is 2.89. The number of aryl methyl sites for hydroxylation is 1. The fourth-order valence-corrected chi connectivity index (χ4v) is 2.46. The molecule has 2 aromatic rings.